The third kappa shape index (κ3) is 2.21. The lowest BCUT2D eigenvalue weighted by Gasteiger charge is -2.25. The topological polar surface area (TPSA) is 31.9 Å². The van der Waals surface area contributed by atoms with Crippen LogP contribution >= 0.6 is 11.6 Å². The normalized spacial score (nSPS) is 17.0. The molecule has 4 heteroatoms. The molecule has 0 amide bonds. The Morgan fingerprint density at radius 3 is 3.18 bits per heavy atom. The van der Waals surface area contributed by atoms with Crippen molar-refractivity contribution in [3.63, 3.8) is 0 Å². The minimum Gasteiger partial charge on any atom is -0.295 e. The standard InChI is InChI=1S/C18H18ClN3/c1-2-7-22-8-3-4-12(11-22)17-16-10-13-9-14(19)5-6-15(13)18(16)21-20-17/h2,4-6,9H,1,3,7-8,10-11H2,(H,20,21). The summed E-state index contributed by atoms with van der Waals surface area (Å²) >= 11 is 6.12. The van der Waals surface area contributed by atoms with E-state index in [9.17, 15) is 0 Å². The van der Waals surface area contributed by atoms with Crippen LogP contribution in [-0.4, -0.2) is 34.7 Å². The third-order valence-electron chi connectivity index (χ3n) is 4.49. The van der Waals surface area contributed by atoms with Gasteiger partial charge in [0, 0.05) is 42.2 Å². The molecular formula is C18H18ClN3. The number of hydrogen-bond acceptors (Lipinski definition) is 2. The largest absolute Gasteiger partial charge is 0.295 e. The van der Waals surface area contributed by atoms with E-state index in [-0.39, 0.29) is 0 Å². The van der Waals surface area contributed by atoms with Gasteiger partial charge in [-0.15, -0.1) is 6.58 Å². The molecule has 0 saturated carbocycles. The Hall–Kier alpha value is -1.84. The van der Waals surface area contributed by atoms with Gasteiger partial charge in [-0.2, -0.15) is 5.10 Å². The maximum absolute atomic E-state index is 6.12. The van der Waals surface area contributed by atoms with Crippen LogP contribution in [0.15, 0.2) is 36.9 Å². The summed E-state index contributed by atoms with van der Waals surface area (Å²) in [7, 11) is 0. The lowest BCUT2D eigenvalue weighted by Crippen LogP contribution is -2.29. The van der Waals surface area contributed by atoms with Crippen LogP contribution in [0, 0.1) is 0 Å². The Morgan fingerprint density at radius 2 is 2.32 bits per heavy atom. The Bertz CT molecular complexity index is 773. The van der Waals surface area contributed by atoms with E-state index < -0.39 is 0 Å². The van der Waals surface area contributed by atoms with Gasteiger partial charge in [-0.1, -0.05) is 29.8 Å². The van der Waals surface area contributed by atoms with Crippen molar-refractivity contribution in [2.75, 3.05) is 19.6 Å². The molecule has 4 rings (SSSR count). The number of nitrogens with one attached hydrogen (secondary N) is 1. The highest BCUT2D eigenvalue weighted by Crippen LogP contribution is 2.40. The first-order valence-electron chi connectivity index (χ1n) is 7.65. The van der Waals surface area contributed by atoms with Crippen LogP contribution in [0.25, 0.3) is 16.8 Å². The second kappa shape index (κ2) is 5.41. The maximum Gasteiger partial charge on any atom is 0.0932 e. The second-order valence-electron chi connectivity index (χ2n) is 5.95. The Labute approximate surface area is 135 Å². The minimum atomic E-state index is 0.799. The molecular weight excluding hydrogens is 294 g/mol. The van der Waals surface area contributed by atoms with E-state index in [0.717, 1.165) is 48.9 Å². The molecule has 0 atom stereocenters. The van der Waals surface area contributed by atoms with E-state index in [1.54, 1.807) is 0 Å². The van der Waals surface area contributed by atoms with Gasteiger partial charge < -0.3 is 0 Å². The van der Waals surface area contributed by atoms with Crippen LogP contribution in [0.5, 0.6) is 0 Å². The van der Waals surface area contributed by atoms with Crippen molar-refractivity contribution in [2.45, 2.75) is 12.8 Å². The molecule has 2 aliphatic rings. The molecule has 3 nitrogen and oxygen atoms in total. The second-order valence-corrected chi connectivity index (χ2v) is 6.38. The molecule has 112 valence electrons. The number of aromatic nitrogens is 2. The summed E-state index contributed by atoms with van der Waals surface area (Å²) in [6.07, 6.45) is 6.28. The van der Waals surface area contributed by atoms with E-state index in [4.69, 9.17) is 11.6 Å². The molecule has 0 saturated heterocycles. The van der Waals surface area contributed by atoms with E-state index in [2.05, 4.69) is 39.9 Å². The number of nitrogens with zero attached hydrogens (tertiary/aromatic N) is 2. The lowest BCUT2D eigenvalue weighted by molar-refractivity contribution is 0.337. The number of hydrogen-bond donors (Lipinski definition) is 1. The number of H-pyrrole nitrogens is 1. The van der Waals surface area contributed by atoms with Gasteiger partial charge in [-0.3, -0.25) is 10.00 Å². The zero-order chi connectivity index (χ0) is 15.1. The average molecular weight is 312 g/mol. The molecule has 22 heavy (non-hydrogen) atoms. The van der Waals surface area contributed by atoms with Crippen LogP contribution in [-0.2, 0) is 6.42 Å². The van der Waals surface area contributed by atoms with E-state index >= 15 is 0 Å². The zero-order valence-electron chi connectivity index (χ0n) is 12.4. The van der Waals surface area contributed by atoms with Crippen LogP contribution in [0.4, 0.5) is 0 Å². The average Bonchev–Trinajstić information content (AvgIpc) is 3.06. The predicted octanol–water partition coefficient (Wildman–Crippen LogP) is 3.91. The fourth-order valence-electron chi connectivity index (χ4n) is 3.48. The fourth-order valence-corrected chi connectivity index (χ4v) is 3.68. The summed E-state index contributed by atoms with van der Waals surface area (Å²) in [6.45, 7) is 6.81. The Kier molecular flexibility index (Phi) is 3.40. The van der Waals surface area contributed by atoms with Crippen molar-refractivity contribution in [1.29, 1.82) is 0 Å². The van der Waals surface area contributed by atoms with Crippen molar-refractivity contribution in [3.05, 3.63) is 58.8 Å². The molecule has 1 aliphatic heterocycles. The first kappa shape index (κ1) is 13.8. The summed E-state index contributed by atoms with van der Waals surface area (Å²) < 4.78 is 0. The fraction of sp³-hybridized carbons (Fsp3) is 0.278. The van der Waals surface area contributed by atoms with Gasteiger partial charge in [0.25, 0.3) is 0 Å². The van der Waals surface area contributed by atoms with Crippen LogP contribution in [0.2, 0.25) is 5.02 Å². The number of halogens is 1. The van der Waals surface area contributed by atoms with Crippen molar-refractivity contribution >= 4 is 17.2 Å². The van der Waals surface area contributed by atoms with Crippen molar-refractivity contribution in [3.8, 4) is 11.3 Å². The molecule has 0 bridgehead atoms. The number of aromatic amines is 1. The highest BCUT2D eigenvalue weighted by molar-refractivity contribution is 6.30. The van der Waals surface area contributed by atoms with Gasteiger partial charge in [-0.25, -0.2) is 0 Å². The zero-order valence-corrected chi connectivity index (χ0v) is 13.2. The minimum absolute atomic E-state index is 0.799. The summed E-state index contributed by atoms with van der Waals surface area (Å²) in [5.74, 6) is 0. The third-order valence-corrected chi connectivity index (χ3v) is 4.73. The number of benzene rings is 1. The van der Waals surface area contributed by atoms with Crippen molar-refractivity contribution in [1.82, 2.24) is 15.1 Å². The predicted molar refractivity (Wildman–Crippen MR) is 91.1 cm³/mol. The number of rotatable bonds is 3. The molecule has 1 aliphatic carbocycles. The highest BCUT2D eigenvalue weighted by Gasteiger charge is 2.27. The van der Waals surface area contributed by atoms with Gasteiger partial charge in [-0.05, 0) is 29.7 Å². The van der Waals surface area contributed by atoms with Crippen molar-refractivity contribution in [2.24, 2.45) is 0 Å². The summed E-state index contributed by atoms with van der Waals surface area (Å²) in [5, 5.41) is 8.63. The van der Waals surface area contributed by atoms with Gasteiger partial charge in [0.05, 0.1) is 11.4 Å². The van der Waals surface area contributed by atoms with Crippen molar-refractivity contribution < 1.29 is 0 Å². The summed E-state index contributed by atoms with van der Waals surface area (Å²) in [6, 6.07) is 6.10. The van der Waals surface area contributed by atoms with Gasteiger partial charge in [0.15, 0.2) is 0 Å². The molecule has 1 aromatic carbocycles. The molecule has 1 aromatic heterocycles. The Morgan fingerprint density at radius 1 is 1.41 bits per heavy atom. The monoisotopic (exact) mass is 311 g/mol. The molecule has 0 spiro atoms. The Balaban J connectivity index is 1.68. The van der Waals surface area contributed by atoms with E-state index in [1.807, 2.05) is 12.1 Å². The highest BCUT2D eigenvalue weighted by atomic mass is 35.5. The molecule has 0 unspecified atom stereocenters. The smallest absolute Gasteiger partial charge is 0.0932 e. The van der Waals surface area contributed by atoms with Gasteiger partial charge in [0.1, 0.15) is 0 Å². The summed E-state index contributed by atoms with van der Waals surface area (Å²) in [4.78, 5) is 2.41. The molecule has 0 radical (unpaired) electrons. The number of fused-ring (bicyclic) bond motifs is 3. The molecule has 1 N–H and O–H groups in total. The molecule has 2 aromatic rings. The van der Waals surface area contributed by atoms with Crippen LogP contribution in [0.3, 0.4) is 0 Å². The first-order valence-corrected chi connectivity index (χ1v) is 8.02. The van der Waals surface area contributed by atoms with E-state index in [0.29, 0.717) is 0 Å². The van der Waals surface area contributed by atoms with Gasteiger partial charge >= 0.3 is 0 Å². The lowest BCUT2D eigenvalue weighted by atomic mass is 10.0. The first-order chi connectivity index (χ1) is 10.8. The molecule has 0 fully saturated rings. The van der Waals surface area contributed by atoms with Crippen LogP contribution < -0.4 is 0 Å². The van der Waals surface area contributed by atoms with Gasteiger partial charge in [0.2, 0.25) is 0 Å². The maximum atomic E-state index is 6.12. The SMILES string of the molecule is C=CCN1CCC=C(c2n[nH]c3c2Cc2cc(Cl)ccc2-3)C1. The van der Waals surface area contributed by atoms with Crippen LogP contribution in [0.1, 0.15) is 23.2 Å². The van der Waals surface area contributed by atoms with E-state index in [1.165, 1.54) is 22.3 Å². The quantitative estimate of drug-likeness (QED) is 0.744. The summed E-state index contributed by atoms with van der Waals surface area (Å²) in [5.41, 5.74) is 7.43. The molecule has 2 heterocycles.